The number of carbonyl (C=O) groups is 2. The van der Waals surface area contributed by atoms with E-state index in [1.165, 1.54) is 14.0 Å². The SMILES string of the molecule is [2H]C([2H])(OC)C(C)(C)C(C)(C)C(=O)O[C@@H](C)C(=O)OCC. The highest BCUT2D eigenvalue weighted by Crippen LogP contribution is 2.39. The molecule has 0 rings (SSSR count). The maximum atomic E-state index is 12.3. The summed E-state index contributed by atoms with van der Waals surface area (Å²) >= 11 is 0. The fourth-order valence-electron chi connectivity index (χ4n) is 1.25. The molecule has 0 unspecified atom stereocenters. The van der Waals surface area contributed by atoms with Crippen LogP contribution in [-0.2, 0) is 23.8 Å². The number of methoxy groups -OCH3 is 1. The summed E-state index contributed by atoms with van der Waals surface area (Å²) in [7, 11) is 1.24. The van der Waals surface area contributed by atoms with E-state index in [4.69, 9.17) is 17.0 Å². The van der Waals surface area contributed by atoms with Crippen molar-refractivity contribution in [2.24, 2.45) is 10.8 Å². The van der Waals surface area contributed by atoms with Crippen molar-refractivity contribution in [3.05, 3.63) is 0 Å². The van der Waals surface area contributed by atoms with Gasteiger partial charge in [0.1, 0.15) is 0 Å². The van der Waals surface area contributed by atoms with E-state index in [0.29, 0.717) is 0 Å². The van der Waals surface area contributed by atoms with Gasteiger partial charge in [0, 0.05) is 12.5 Å². The molecule has 0 aliphatic carbocycles. The average molecular weight is 276 g/mol. The zero-order chi connectivity index (χ0) is 17.1. The van der Waals surface area contributed by atoms with Crippen molar-refractivity contribution in [3.63, 3.8) is 0 Å². The summed E-state index contributed by atoms with van der Waals surface area (Å²) < 4.78 is 30.6. The molecule has 0 aromatic heterocycles. The average Bonchev–Trinajstić information content (AvgIpc) is 2.38. The molecular weight excluding hydrogens is 248 g/mol. The highest BCUT2D eigenvalue weighted by atomic mass is 16.6. The first-order valence-corrected chi connectivity index (χ1v) is 6.28. The van der Waals surface area contributed by atoms with Gasteiger partial charge in [-0.05, 0) is 27.7 Å². The predicted molar refractivity (Wildman–Crippen MR) is 71.6 cm³/mol. The number of hydrogen-bond acceptors (Lipinski definition) is 5. The summed E-state index contributed by atoms with van der Waals surface area (Å²) in [6.07, 6.45) is -1.04. The summed E-state index contributed by atoms with van der Waals surface area (Å²) in [5, 5.41) is 0. The van der Waals surface area contributed by atoms with Crippen LogP contribution in [0.25, 0.3) is 0 Å². The summed E-state index contributed by atoms with van der Waals surface area (Å²) in [6, 6.07) is 0. The van der Waals surface area contributed by atoms with E-state index in [9.17, 15) is 9.59 Å². The minimum atomic E-state index is -2.04. The van der Waals surface area contributed by atoms with Crippen molar-refractivity contribution < 1.29 is 26.5 Å². The molecule has 0 aromatic carbocycles. The largest absolute Gasteiger partial charge is 0.463 e. The van der Waals surface area contributed by atoms with E-state index >= 15 is 0 Å². The zero-order valence-electron chi connectivity index (χ0n) is 14.8. The molecular formula is C14H26O5. The molecule has 0 N–H and O–H groups in total. The standard InChI is InChI=1S/C14H26O5/c1-8-18-11(15)10(2)19-12(16)14(5,6)13(3,4)9-17-7/h10H,8-9H2,1-7H3/t10-/m0/s1/i9D2. The Hall–Kier alpha value is -1.10. The molecule has 0 heterocycles. The van der Waals surface area contributed by atoms with Gasteiger partial charge in [-0.25, -0.2) is 4.79 Å². The molecule has 1 atom stereocenters. The fourth-order valence-corrected chi connectivity index (χ4v) is 1.25. The Kier molecular flexibility index (Phi) is 5.19. The van der Waals surface area contributed by atoms with E-state index in [2.05, 4.69) is 0 Å². The molecule has 0 saturated carbocycles. The lowest BCUT2D eigenvalue weighted by Crippen LogP contribution is -2.45. The van der Waals surface area contributed by atoms with Crippen molar-refractivity contribution in [2.75, 3.05) is 20.3 Å². The van der Waals surface area contributed by atoms with Crippen molar-refractivity contribution in [2.45, 2.75) is 47.6 Å². The maximum absolute atomic E-state index is 12.3. The van der Waals surface area contributed by atoms with Crippen LogP contribution in [-0.4, -0.2) is 38.3 Å². The molecule has 0 fully saturated rings. The van der Waals surface area contributed by atoms with Crippen molar-refractivity contribution in [1.82, 2.24) is 0 Å². The van der Waals surface area contributed by atoms with Gasteiger partial charge in [-0.3, -0.25) is 4.79 Å². The van der Waals surface area contributed by atoms with Crippen LogP contribution >= 0.6 is 0 Å². The Morgan fingerprint density at radius 2 is 1.79 bits per heavy atom. The molecule has 0 spiro atoms. The van der Waals surface area contributed by atoms with Crippen LogP contribution in [0.3, 0.4) is 0 Å². The van der Waals surface area contributed by atoms with Crippen LogP contribution in [0.2, 0.25) is 0 Å². The van der Waals surface area contributed by atoms with E-state index in [1.807, 2.05) is 0 Å². The Balaban J connectivity index is 5.16. The lowest BCUT2D eigenvalue weighted by molar-refractivity contribution is -0.178. The molecule has 0 radical (unpaired) electrons. The highest BCUT2D eigenvalue weighted by molar-refractivity contribution is 5.82. The van der Waals surface area contributed by atoms with E-state index < -0.39 is 35.4 Å². The van der Waals surface area contributed by atoms with Gasteiger partial charge in [0.15, 0.2) is 6.10 Å². The minimum Gasteiger partial charge on any atom is -0.463 e. The zero-order valence-corrected chi connectivity index (χ0v) is 12.8. The molecule has 0 aromatic rings. The summed E-state index contributed by atoms with van der Waals surface area (Å²) in [5.74, 6) is -1.32. The molecule has 0 aliphatic heterocycles. The fraction of sp³-hybridized carbons (Fsp3) is 0.857. The molecule has 0 amide bonds. The van der Waals surface area contributed by atoms with Crippen molar-refractivity contribution in [3.8, 4) is 0 Å². The smallest absolute Gasteiger partial charge is 0.347 e. The van der Waals surface area contributed by atoms with Crippen LogP contribution in [0.15, 0.2) is 0 Å². The van der Waals surface area contributed by atoms with Crippen molar-refractivity contribution >= 4 is 11.9 Å². The van der Waals surface area contributed by atoms with Gasteiger partial charge in [-0.2, -0.15) is 0 Å². The van der Waals surface area contributed by atoms with Crippen LogP contribution in [0.1, 0.15) is 44.3 Å². The second kappa shape index (κ2) is 6.89. The maximum Gasteiger partial charge on any atom is 0.347 e. The van der Waals surface area contributed by atoms with Gasteiger partial charge in [0.2, 0.25) is 0 Å². The Morgan fingerprint density at radius 3 is 2.21 bits per heavy atom. The first-order valence-electron chi connectivity index (χ1n) is 7.28. The number of hydrogen-bond donors (Lipinski definition) is 0. The summed E-state index contributed by atoms with van der Waals surface area (Å²) in [6.45, 7) is 7.51. The molecule has 0 bridgehead atoms. The second-order valence-electron chi connectivity index (χ2n) is 5.36. The Morgan fingerprint density at radius 1 is 1.26 bits per heavy atom. The summed E-state index contributed by atoms with van der Waals surface area (Å²) in [5.41, 5.74) is -2.40. The lowest BCUT2D eigenvalue weighted by atomic mass is 9.68. The molecule has 112 valence electrons. The van der Waals surface area contributed by atoms with E-state index in [0.717, 1.165) is 0 Å². The van der Waals surface area contributed by atoms with E-state index in [-0.39, 0.29) is 6.61 Å². The number of esters is 2. The van der Waals surface area contributed by atoms with Crippen LogP contribution in [0.5, 0.6) is 0 Å². The van der Waals surface area contributed by atoms with Gasteiger partial charge in [-0.1, -0.05) is 13.8 Å². The monoisotopic (exact) mass is 276 g/mol. The van der Waals surface area contributed by atoms with Crippen LogP contribution < -0.4 is 0 Å². The van der Waals surface area contributed by atoms with E-state index in [1.54, 1.807) is 34.6 Å². The number of carbonyl (C=O) groups excluding carboxylic acids is 2. The third-order valence-corrected chi connectivity index (χ3v) is 3.33. The molecule has 0 aliphatic rings. The minimum absolute atomic E-state index is 0.196. The second-order valence-corrected chi connectivity index (χ2v) is 5.36. The summed E-state index contributed by atoms with van der Waals surface area (Å²) in [4.78, 5) is 23.9. The normalized spacial score (nSPS) is 16.2. The van der Waals surface area contributed by atoms with Gasteiger partial charge < -0.3 is 14.2 Å². The lowest BCUT2D eigenvalue weighted by Gasteiger charge is -2.39. The highest BCUT2D eigenvalue weighted by Gasteiger charge is 2.45. The first-order chi connectivity index (χ1) is 9.35. The van der Waals surface area contributed by atoms with Gasteiger partial charge in [0.05, 0.1) is 21.3 Å². The van der Waals surface area contributed by atoms with Crippen LogP contribution in [0.4, 0.5) is 0 Å². The van der Waals surface area contributed by atoms with Gasteiger partial charge in [-0.15, -0.1) is 0 Å². The predicted octanol–water partition coefficient (Wildman–Crippen LogP) is 2.18. The molecule has 0 saturated heterocycles. The van der Waals surface area contributed by atoms with Crippen molar-refractivity contribution in [1.29, 1.82) is 0 Å². The third-order valence-electron chi connectivity index (χ3n) is 3.33. The topological polar surface area (TPSA) is 61.8 Å². The van der Waals surface area contributed by atoms with Gasteiger partial charge >= 0.3 is 11.9 Å². The quantitative estimate of drug-likeness (QED) is 0.667. The molecule has 5 nitrogen and oxygen atoms in total. The van der Waals surface area contributed by atoms with Gasteiger partial charge in [0.25, 0.3) is 0 Å². The number of ether oxygens (including phenoxy) is 3. The Labute approximate surface area is 118 Å². The Bertz CT molecular complexity index is 391. The third kappa shape index (κ3) is 4.49. The molecule has 19 heavy (non-hydrogen) atoms. The van der Waals surface area contributed by atoms with Crippen LogP contribution in [0, 0.1) is 10.8 Å². The first kappa shape index (κ1) is 14.3. The number of rotatable bonds is 7. The molecule has 5 heteroatoms.